The molecule has 2 heterocycles. The number of benzene rings is 2. The van der Waals surface area contributed by atoms with Crippen molar-refractivity contribution in [3.63, 3.8) is 0 Å². The van der Waals surface area contributed by atoms with Gasteiger partial charge < -0.3 is 10.0 Å². The zero-order valence-electron chi connectivity index (χ0n) is 20.1. The molecule has 1 aromatic heterocycles. The Morgan fingerprint density at radius 3 is 2.33 bits per heavy atom. The molecule has 0 saturated heterocycles. The first-order valence-corrected chi connectivity index (χ1v) is 11.3. The fourth-order valence-corrected chi connectivity index (χ4v) is 3.92. The highest BCUT2D eigenvalue weighted by Gasteiger charge is 2.24. The monoisotopic (exact) mass is 442 g/mol. The van der Waals surface area contributed by atoms with Crippen LogP contribution in [0.5, 0.6) is 5.75 Å². The lowest BCUT2D eigenvalue weighted by Gasteiger charge is -2.21. The predicted octanol–water partition coefficient (Wildman–Crippen LogP) is 5.11. The summed E-state index contributed by atoms with van der Waals surface area (Å²) in [6.07, 6.45) is 0. The smallest absolute Gasteiger partial charge is 0.253 e. The molecule has 0 unspecified atom stereocenters. The van der Waals surface area contributed by atoms with E-state index in [1.165, 1.54) is 5.69 Å². The molecule has 1 aliphatic rings. The predicted molar refractivity (Wildman–Crippen MR) is 136 cm³/mol. The Balaban J connectivity index is 1.82. The Kier molecular flexibility index (Phi) is 6.14. The van der Waals surface area contributed by atoms with Gasteiger partial charge in [0.2, 0.25) is 0 Å². The lowest BCUT2D eigenvalue weighted by atomic mass is 10.1. The van der Waals surface area contributed by atoms with Gasteiger partial charge in [-0.2, -0.15) is 10.1 Å². The van der Waals surface area contributed by atoms with Crippen molar-refractivity contribution in [2.75, 3.05) is 18.0 Å². The van der Waals surface area contributed by atoms with Crippen molar-refractivity contribution >= 4 is 28.9 Å². The van der Waals surface area contributed by atoms with Crippen molar-refractivity contribution in [3.8, 4) is 5.75 Å². The summed E-state index contributed by atoms with van der Waals surface area (Å²) in [4.78, 5) is 16.7. The topological polar surface area (TPSA) is 78.4 Å². The van der Waals surface area contributed by atoms with Gasteiger partial charge in [0.05, 0.1) is 11.4 Å². The van der Waals surface area contributed by atoms with Crippen LogP contribution in [-0.4, -0.2) is 45.5 Å². The van der Waals surface area contributed by atoms with Crippen LogP contribution in [0, 0.1) is 27.7 Å². The van der Waals surface area contributed by atoms with Crippen molar-refractivity contribution in [2.45, 2.75) is 41.5 Å². The number of hydrogen-bond acceptors (Lipinski definition) is 5. The highest BCUT2D eigenvalue weighted by atomic mass is 16.3. The second kappa shape index (κ2) is 9.02. The Morgan fingerprint density at radius 2 is 1.73 bits per heavy atom. The van der Waals surface area contributed by atoms with Crippen molar-refractivity contribution in [2.24, 2.45) is 15.0 Å². The second-order valence-corrected chi connectivity index (χ2v) is 8.21. The zero-order chi connectivity index (χ0) is 23.7. The number of rotatable bonds is 5. The summed E-state index contributed by atoms with van der Waals surface area (Å²) in [5.41, 5.74) is 7.48. The Hall–Kier alpha value is -3.74. The van der Waals surface area contributed by atoms with Crippen LogP contribution < -0.4 is 4.90 Å². The fraction of sp³-hybridized carbons (Fsp3) is 0.308. The van der Waals surface area contributed by atoms with Crippen LogP contribution in [0.2, 0.25) is 0 Å². The average Bonchev–Trinajstić information content (AvgIpc) is 3.32. The number of aliphatic imine (C=N–C) groups is 3. The lowest BCUT2D eigenvalue weighted by Crippen LogP contribution is -2.21. The van der Waals surface area contributed by atoms with E-state index in [0.29, 0.717) is 17.5 Å². The standard InChI is InChI=1S/C26H30N6O/c1-7-31(8-2)21-12-13-23(16(3)14-21)27-25-24(20-10-9-11-22(33)15-20)28-26(29-25)32-19(6)17(4)18(5)30-32/h9-15,33H,7-8H2,1-6H3. The quantitative estimate of drug-likeness (QED) is 0.597. The number of phenolic OH excluding ortho intramolecular Hbond substituents is 1. The number of anilines is 1. The van der Waals surface area contributed by atoms with Crippen LogP contribution in [0.3, 0.4) is 0 Å². The number of phenols is 1. The first-order chi connectivity index (χ1) is 15.8. The minimum absolute atomic E-state index is 0.171. The van der Waals surface area contributed by atoms with Gasteiger partial charge in [0.15, 0.2) is 5.84 Å². The van der Waals surface area contributed by atoms with Crippen molar-refractivity contribution < 1.29 is 5.11 Å². The minimum atomic E-state index is 0.171. The van der Waals surface area contributed by atoms with Crippen molar-refractivity contribution in [1.29, 1.82) is 0 Å². The number of aromatic hydroxyl groups is 1. The van der Waals surface area contributed by atoms with Crippen LogP contribution in [0.1, 0.15) is 41.9 Å². The van der Waals surface area contributed by atoms with Crippen LogP contribution in [-0.2, 0) is 0 Å². The summed E-state index contributed by atoms with van der Waals surface area (Å²) >= 11 is 0. The molecule has 0 radical (unpaired) electrons. The largest absolute Gasteiger partial charge is 0.508 e. The molecule has 7 heteroatoms. The number of hydrogen-bond donors (Lipinski definition) is 1. The molecule has 1 N–H and O–H groups in total. The molecule has 0 bridgehead atoms. The van der Waals surface area contributed by atoms with E-state index in [1.54, 1.807) is 22.9 Å². The molecule has 2 aromatic carbocycles. The van der Waals surface area contributed by atoms with E-state index < -0.39 is 0 Å². The molecule has 0 atom stereocenters. The van der Waals surface area contributed by atoms with Gasteiger partial charge in [-0.15, -0.1) is 0 Å². The molecule has 0 aliphatic carbocycles. The first kappa shape index (κ1) is 22.5. The molecule has 0 amide bonds. The van der Waals surface area contributed by atoms with E-state index in [-0.39, 0.29) is 5.75 Å². The molecular weight excluding hydrogens is 412 g/mol. The summed E-state index contributed by atoms with van der Waals surface area (Å²) in [6, 6.07) is 13.3. The Bertz CT molecular complexity index is 1290. The number of amidine groups is 1. The molecule has 33 heavy (non-hydrogen) atoms. The average molecular weight is 443 g/mol. The Morgan fingerprint density at radius 1 is 0.970 bits per heavy atom. The van der Waals surface area contributed by atoms with Gasteiger partial charge in [0, 0.05) is 30.0 Å². The Labute approximate surface area is 194 Å². The van der Waals surface area contributed by atoms with Gasteiger partial charge in [-0.1, -0.05) is 12.1 Å². The molecule has 0 spiro atoms. The summed E-state index contributed by atoms with van der Waals surface area (Å²) in [5, 5.41) is 14.7. The number of aromatic nitrogens is 2. The normalized spacial score (nSPS) is 14.5. The summed E-state index contributed by atoms with van der Waals surface area (Å²) < 4.78 is 1.76. The molecule has 0 fully saturated rings. The van der Waals surface area contributed by atoms with Crippen LogP contribution in [0.4, 0.5) is 11.4 Å². The van der Waals surface area contributed by atoms with Crippen LogP contribution in [0.25, 0.3) is 0 Å². The van der Waals surface area contributed by atoms with Crippen molar-refractivity contribution in [1.82, 2.24) is 9.78 Å². The van der Waals surface area contributed by atoms with E-state index >= 15 is 0 Å². The molecule has 170 valence electrons. The maximum absolute atomic E-state index is 10.0. The lowest BCUT2D eigenvalue weighted by molar-refractivity contribution is 0.475. The third-order valence-electron chi connectivity index (χ3n) is 6.13. The molecular formula is C26H30N6O. The van der Waals surface area contributed by atoms with Gasteiger partial charge in [-0.05, 0) is 83.0 Å². The summed E-state index contributed by atoms with van der Waals surface area (Å²) in [7, 11) is 0. The molecule has 1 aliphatic heterocycles. The molecule has 3 aromatic rings. The van der Waals surface area contributed by atoms with Crippen LogP contribution in [0.15, 0.2) is 57.4 Å². The first-order valence-electron chi connectivity index (χ1n) is 11.3. The van der Waals surface area contributed by atoms with E-state index in [1.807, 2.05) is 32.9 Å². The molecule has 4 rings (SSSR count). The maximum Gasteiger partial charge on any atom is 0.253 e. The highest BCUT2D eigenvalue weighted by molar-refractivity contribution is 6.53. The van der Waals surface area contributed by atoms with E-state index in [4.69, 9.17) is 15.0 Å². The highest BCUT2D eigenvalue weighted by Crippen LogP contribution is 2.27. The maximum atomic E-state index is 10.0. The minimum Gasteiger partial charge on any atom is -0.508 e. The van der Waals surface area contributed by atoms with E-state index in [0.717, 1.165) is 46.9 Å². The van der Waals surface area contributed by atoms with Crippen molar-refractivity contribution in [3.05, 3.63) is 70.5 Å². The molecule has 7 nitrogen and oxygen atoms in total. The SMILES string of the molecule is CCN(CC)c1ccc(N=C2N=C(n3nc(C)c(C)c3C)N=C2c2cccc(O)c2)c(C)c1. The van der Waals surface area contributed by atoms with Gasteiger partial charge >= 0.3 is 0 Å². The van der Waals surface area contributed by atoms with Gasteiger partial charge in [-0.3, -0.25) is 0 Å². The summed E-state index contributed by atoms with van der Waals surface area (Å²) in [6.45, 7) is 14.3. The van der Waals surface area contributed by atoms with Gasteiger partial charge in [0.1, 0.15) is 11.5 Å². The third kappa shape index (κ3) is 4.31. The fourth-order valence-electron chi connectivity index (χ4n) is 3.92. The zero-order valence-corrected chi connectivity index (χ0v) is 20.1. The van der Waals surface area contributed by atoms with E-state index in [2.05, 4.69) is 42.9 Å². The van der Waals surface area contributed by atoms with E-state index in [9.17, 15) is 5.11 Å². The van der Waals surface area contributed by atoms with Crippen LogP contribution >= 0.6 is 0 Å². The second-order valence-electron chi connectivity index (χ2n) is 8.21. The number of aryl methyl sites for hydroxylation is 2. The molecule has 0 saturated carbocycles. The van der Waals surface area contributed by atoms with Gasteiger partial charge in [-0.25, -0.2) is 14.7 Å². The third-order valence-corrected chi connectivity index (χ3v) is 6.13. The van der Waals surface area contributed by atoms with Gasteiger partial charge in [0.25, 0.3) is 5.96 Å². The summed E-state index contributed by atoms with van der Waals surface area (Å²) in [5.74, 6) is 1.14. The number of nitrogens with zero attached hydrogens (tertiary/aromatic N) is 6.